The number of carbonyl (C=O) groups is 1. The molecule has 0 radical (unpaired) electrons. The molecule has 0 saturated heterocycles. The van der Waals surface area contributed by atoms with Gasteiger partial charge in [-0.25, -0.2) is 8.42 Å². The van der Waals surface area contributed by atoms with E-state index in [0.717, 1.165) is 5.76 Å². The fraction of sp³-hybridized carbons (Fsp3) is 0.353. The van der Waals surface area contributed by atoms with Gasteiger partial charge in [-0.3, -0.25) is 4.79 Å². The van der Waals surface area contributed by atoms with Crippen molar-refractivity contribution in [3.63, 3.8) is 0 Å². The fourth-order valence-electron chi connectivity index (χ4n) is 2.30. The lowest BCUT2D eigenvalue weighted by Crippen LogP contribution is -2.35. The molecule has 0 aliphatic carbocycles. The molecule has 1 amide bonds. The Labute approximate surface area is 142 Å². The number of hydrogen-bond acceptors (Lipinski definition) is 4. The molecule has 1 aromatic carbocycles. The maximum absolute atomic E-state index is 12.7. The summed E-state index contributed by atoms with van der Waals surface area (Å²) in [7, 11) is -2.01. The molecule has 0 fully saturated rings. The standard InChI is InChI=1S/C17H22N2O4S/c1-13(6-9-16-5-4-12-23-16)19(3)24(21,22)17-10-7-15(8-11-17)18-14(2)20/h4-5,7-8,10-13H,6,9H2,1-3H3,(H,18,20). The highest BCUT2D eigenvalue weighted by molar-refractivity contribution is 7.89. The Kier molecular flexibility index (Phi) is 5.80. The summed E-state index contributed by atoms with van der Waals surface area (Å²) in [6.07, 6.45) is 2.94. The minimum absolute atomic E-state index is 0.171. The van der Waals surface area contributed by atoms with E-state index < -0.39 is 10.0 Å². The predicted octanol–water partition coefficient (Wildman–Crippen LogP) is 2.88. The van der Waals surface area contributed by atoms with Crippen LogP contribution in [0, 0.1) is 0 Å². The van der Waals surface area contributed by atoms with E-state index in [9.17, 15) is 13.2 Å². The van der Waals surface area contributed by atoms with Crippen LogP contribution in [-0.2, 0) is 21.2 Å². The Morgan fingerprint density at radius 2 is 1.92 bits per heavy atom. The van der Waals surface area contributed by atoms with Crippen molar-refractivity contribution in [2.75, 3.05) is 12.4 Å². The van der Waals surface area contributed by atoms with Gasteiger partial charge in [0.05, 0.1) is 11.2 Å². The number of carbonyl (C=O) groups excluding carboxylic acids is 1. The summed E-state index contributed by atoms with van der Waals surface area (Å²) >= 11 is 0. The van der Waals surface area contributed by atoms with Crippen LogP contribution < -0.4 is 5.32 Å². The number of furan rings is 1. The first kappa shape index (κ1) is 18.2. The second kappa shape index (κ2) is 7.63. The van der Waals surface area contributed by atoms with Gasteiger partial charge in [-0.15, -0.1) is 0 Å². The van der Waals surface area contributed by atoms with Crippen LogP contribution in [0.3, 0.4) is 0 Å². The van der Waals surface area contributed by atoms with E-state index in [4.69, 9.17) is 4.42 Å². The molecule has 0 saturated carbocycles. The third-order valence-corrected chi connectivity index (χ3v) is 5.85. The molecule has 1 atom stereocenters. The van der Waals surface area contributed by atoms with Crippen molar-refractivity contribution >= 4 is 21.6 Å². The first-order chi connectivity index (χ1) is 11.3. The normalized spacial score (nSPS) is 13.0. The van der Waals surface area contributed by atoms with Crippen LogP contribution in [-0.4, -0.2) is 31.7 Å². The van der Waals surface area contributed by atoms with Crippen LogP contribution >= 0.6 is 0 Å². The molecule has 130 valence electrons. The first-order valence-electron chi connectivity index (χ1n) is 7.69. The molecule has 2 rings (SSSR count). The zero-order chi connectivity index (χ0) is 17.7. The molecule has 7 heteroatoms. The van der Waals surface area contributed by atoms with E-state index in [0.29, 0.717) is 18.5 Å². The van der Waals surface area contributed by atoms with Crippen LogP contribution in [0.4, 0.5) is 5.69 Å². The lowest BCUT2D eigenvalue weighted by atomic mass is 10.1. The number of nitrogens with zero attached hydrogens (tertiary/aromatic N) is 1. The third kappa shape index (κ3) is 4.46. The number of benzene rings is 1. The molecule has 0 aliphatic heterocycles. The van der Waals surface area contributed by atoms with Gasteiger partial charge in [0.15, 0.2) is 0 Å². The largest absolute Gasteiger partial charge is 0.469 e. The highest BCUT2D eigenvalue weighted by atomic mass is 32.2. The summed E-state index contributed by atoms with van der Waals surface area (Å²) in [5.74, 6) is 0.640. The van der Waals surface area contributed by atoms with Gasteiger partial charge in [0.2, 0.25) is 15.9 Å². The second-order valence-corrected chi connectivity index (χ2v) is 7.69. The zero-order valence-corrected chi connectivity index (χ0v) is 14.8. The minimum Gasteiger partial charge on any atom is -0.469 e. The van der Waals surface area contributed by atoms with Crippen LogP contribution in [0.2, 0.25) is 0 Å². The lowest BCUT2D eigenvalue weighted by Gasteiger charge is -2.24. The van der Waals surface area contributed by atoms with Crippen molar-refractivity contribution < 1.29 is 17.6 Å². The molecular weight excluding hydrogens is 328 g/mol. The predicted molar refractivity (Wildman–Crippen MR) is 92.2 cm³/mol. The van der Waals surface area contributed by atoms with Crippen molar-refractivity contribution in [1.82, 2.24) is 4.31 Å². The average molecular weight is 350 g/mol. The van der Waals surface area contributed by atoms with E-state index >= 15 is 0 Å². The van der Waals surface area contributed by atoms with E-state index in [1.165, 1.54) is 23.4 Å². The number of hydrogen-bond donors (Lipinski definition) is 1. The van der Waals surface area contributed by atoms with Crippen molar-refractivity contribution in [2.24, 2.45) is 0 Å². The SMILES string of the molecule is CC(=O)Nc1ccc(S(=O)(=O)N(C)C(C)CCc2ccco2)cc1. The molecule has 0 bridgehead atoms. The molecule has 1 unspecified atom stereocenters. The van der Waals surface area contributed by atoms with E-state index in [2.05, 4.69) is 5.32 Å². The van der Waals surface area contributed by atoms with E-state index in [1.807, 2.05) is 19.1 Å². The van der Waals surface area contributed by atoms with Gasteiger partial charge in [0.1, 0.15) is 5.76 Å². The summed E-state index contributed by atoms with van der Waals surface area (Å²) < 4.78 is 32.0. The Morgan fingerprint density at radius 3 is 2.46 bits per heavy atom. The molecule has 6 nitrogen and oxygen atoms in total. The summed E-state index contributed by atoms with van der Waals surface area (Å²) in [6.45, 7) is 3.27. The minimum atomic E-state index is -3.58. The molecule has 24 heavy (non-hydrogen) atoms. The van der Waals surface area contributed by atoms with Gasteiger partial charge in [-0.1, -0.05) is 0 Å². The van der Waals surface area contributed by atoms with Crippen LogP contribution in [0.5, 0.6) is 0 Å². The number of amides is 1. The fourth-order valence-corrected chi connectivity index (χ4v) is 3.70. The average Bonchev–Trinajstić information content (AvgIpc) is 3.05. The topological polar surface area (TPSA) is 79.6 Å². The van der Waals surface area contributed by atoms with Crippen LogP contribution in [0.1, 0.15) is 26.0 Å². The number of aryl methyl sites for hydroxylation is 1. The highest BCUT2D eigenvalue weighted by Crippen LogP contribution is 2.21. The zero-order valence-electron chi connectivity index (χ0n) is 14.0. The summed E-state index contributed by atoms with van der Waals surface area (Å²) in [4.78, 5) is 11.2. The van der Waals surface area contributed by atoms with Gasteiger partial charge in [-0.05, 0) is 49.7 Å². The van der Waals surface area contributed by atoms with Gasteiger partial charge in [0, 0.05) is 32.1 Å². The quantitative estimate of drug-likeness (QED) is 0.833. The molecule has 2 aromatic rings. The van der Waals surface area contributed by atoms with Crippen molar-refractivity contribution in [1.29, 1.82) is 0 Å². The van der Waals surface area contributed by atoms with Gasteiger partial charge in [0.25, 0.3) is 0 Å². The second-order valence-electron chi connectivity index (χ2n) is 5.69. The van der Waals surface area contributed by atoms with Crippen molar-refractivity contribution in [3.8, 4) is 0 Å². The maximum atomic E-state index is 12.7. The van der Waals surface area contributed by atoms with Gasteiger partial charge >= 0.3 is 0 Å². The molecule has 1 aromatic heterocycles. The lowest BCUT2D eigenvalue weighted by molar-refractivity contribution is -0.114. The van der Waals surface area contributed by atoms with Gasteiger partial charge < -0.3 is 9.73 Å². The third-order valence-electron chi connectivity index (χ3n) is 3.86. The van der Waals surface area contributed by atoms with Crippen molar-refractivity contribution in [3.05, 3.63) is 48.4 Å². The molecule has 1 heterocycles. The number of sulfonamides is 1. The monoisotopic (exact) mass is 350 g/mol. The molecular formula is C17H22N2O4S. The Hall–Kier alpha value is -2.12. The first-order valence-corrected chi connectivity index (χ1v) is 9.13. The van der Waals surface area contributed by atoms with E-state index in [1.54, 1.807) is 25.4 Å². The smallest absolute Gasteiger partial charge is 0.243 e. The van der Waals surface area contributed by atoms with Crippen molar-refractivity contribution in [2.45, 2.75) is 37.6 Å². The molecule has 1 N–H and O–H groups in total. The Bertz CT molecular complexity index is 767. The number of rotatable bonds is 7. The summed E-state index contributed by atoms with van der Waals surface area (Å²) in [5, 5.41) is 2.61. The molecule has 0 spiro atoms. The van der Waals surface area contributed by atoms with Crippen LogP contribution in [0.25, 0.3) is 0 Å². The summed E-state index contributed by atoms with van der Waals surface area (Å²) in [6, 6.07) is 9.67. The maximum Gasteiger partial charge on any atom is 0.243 e. The Morgan fingerprint density at radius 1 is 1.25 bits per heavy atom. The number of anilines is 1. The highest BCUT2D eigenvalue weighted by Gasteiger charge is 2.25. The number of nitrogens with one attached hydrogen (secondary N) is 1. The van der Waals surface area contributed by atoms with Gasteiger partial charge in [-0.2, -0.15) is 4.31 Å². The van der Waals surface area contributed by atoms with Crippen LogP contribution in [0.15, 0.2) is 52.0 Å². The summed E-state index contributed by atoms with van der Waals surface area (Å²) in [5.41, 5.74) is 0.565. The molecule has 0 aliphatic rings. The Balaban J connectivity index is 2.05. The van der Waals surface area contributed by atoms with E-state index in [-0.39, 0.29) is 16.8 Å².